The molecule has 0 atom stereocenters. The number of fused-ring (bicyclic) bond motifs is 1. The summed E-state index contributed by atoms with van der Waals surface area (Å²) in [6.07, 6.45) is 5.52. The number of aryl methyl sites for hydroxylation is 1. The van der Waals surface area contributed by atoms with Gasteiger partial charge in [0.05, 0.1) is 11.9 Å². The van der Waals surface area contributed by atoms with E-state index in [2.05, 4.69) is 50.5 Å². The van der Waals surface area contributed by atoms with Crippen LogP contribution in [0.4, 0.5) is 17.6 Å². The Morgan fingerprint density at radius 3 is 2.82 bits per heavy atom. The molecular weight excluding hydrogens is 354 g/mol. The van der Waals surface area contributed by atoms with Gasteiger partial charge in [0.15, 0.2) is 11.5 Å². The van der Waals surface area contributed by atoms with E-state index in [0.717, 1.165) is 56.2 Å². The summed E-state index contributed by atoms with van der Waals surface area (Å²) in [5, 5.41) is 11.0. The molecule has 0 aliphatic carbocycles. The number of anilines is 3. The maximum atomic E-state index is 6.06. The fraction of sp³-hybridized carbons (Fsp3) is 0.474. The molecule has 28 heavy (non-hydrogen) atoms. The average molecular weight is 381 g/mol. The van der Waals surface area contributed by atoms with Crippen LogP contribution in [-0.4, -0.2) is 57.3 Å². The average Bonchev–Trinajstić information content (AvgIpc) is 3.10. The van der Waals surface area contributed by atoms with Crippen LogP contribution in [0.1, 0.15) is 30.2 Å². The topological polar surface area (TPSA) is 109 Å². The van der Waals surface area contributed by atoms with E-state index in [-0.39, 0.29) is 0 Å². The van der Waals surface area contributed by atoms with Crippen molar-refractivity contribution >= 4 is 23.2 Å². The van der Waals surface area contributed by atoms with Crippen LogP contribution in [0.3, 0.4) is 0 Å². The molecule has 4 heterocycles. The van der Waals surface area contributed by atoms with Gasteiger partial charge in [0.2, 0.25) is 5.95 Å². The number of nitrogen functional groups attached to an aromatic ring is 1. The lowest BCUT2D eigenvalue weighted by Gasteiger charge is -2.29. The summed E-state index contributed by atoms with van der Waals surface area (Å²) in [5.41, 5.74) is 9.85. The van der Waals surface area contributed by atoms with Gasteiger partial charge in [0.1, 0.15) is 5.82 Å². The Bertz CT molecular complexity index is 959. The summed E-state index contributed by atoms with van der Waals surface area (Å²) in [7, 11) is 0. The number of hydrogen-bond donors (Lipinski definition) is 3. The Hall–Kier alpha value is -2.94. The predicted molar refractivity (Wildman–Crippen MR) is 111 cm³/mol. The molecule has 3 aromatic rings. The highest BCUT2D eigenvalue weighted by Crippen LogP contribution is 2.20. The lowest BCUT2D eigenvalue weighted by Crippen LogP contribution is -2.44. The molecule has 1 aliphatic rings. The molecule has 0 aromatic carbocycles. The van der Waals surface area contributed by atoms with Crippen LogP contribution in [0.2, 0.25) is 0 Å². The molecule has 0 bridgehead atoms. The van der Waals surface area contributed by atoms with Crippen molar-refractivity contribution in [2.75, 3.05) is 48.7 Å². The summed E-state index contributed by atoms with van der Waals surface area (Å²) in [6, 6.07) is 2.19. The standard InChI is InChI=1S/C19H27N9/c1-3-4-22-19-25-16(20)18-24-15(12-28(18)26-19)10-14-9-13(2)17(23-11-14)27-7-5-21-6-8-27/h9,11-12,21H,3-8,10H2,1-2H3,(H3,20,22,25,26). The number of hydrogen-bond acceptors (Lipinski definition) is 8. The van der Waals surface area contributed by atoms with Gasteiger partial charge in [-0.1, -0.05) is 13.0 Å². The Balaban J connectivity index is 1.54. The van der Waals surface area contributed by atoms with Gasteiger partial charge in [0.25, 0.3) is 0 Å². The first-order valence-electron chi connectivity index (χ1n) is 9.81. The van der Waals surface area contributed by atoms with Crippen molar-refractivity contribution < 1.29 is 0 Å². The smallest absolute Gasteiger partial charge is 0.243 e. The molecular formula is C19H27N9. The van der Waals surface area contributed by atoms with E-state index in [1.807, 2.05) is 12.4 Å². The normalized spacial score (nSPS) is 14.6. The summed E-state index contributed by atoms with van der Waals surface area (Å²) in [4.78, 5) is 15.9. The third-order valence-electron chi connectivity index (χ3n) is 4.84. The van der Waals surface area contributed by atoms with Gasteiger partial charge in [-0.2, -0.15) is 4.98 Å². The van der Waals surface area contributed by atoms with Gasteiger partial charge < -0.3 is 21.3 Å². The zero-order valence-corrected chi connectivity index (χ0v) is 16.4. The Labute approximate surface area is 164 Å². The van der Waals surface area contributed by atoms with E-state index < -0.39 is 0 Å². The van der Waals surface area contributed by atoms with E-state index in [0.29, 0.717) is 23.8 Å². The van der Waals surface area contributed by atoms with Crippen LogP contribution in [-0.2, 0) is 6.42 Å². The molecule has 3 aromatic heterocycles. The number of rotatable bonds is 6. The van der Waals surface area contributed by atoms with Crippen LogP contribution in [0.5, 0.6) is 0 Å². The Morgan fingerprint density at radius 2 is 2.07 bits per heavy atom. The molecule has 148 valence electrons. The zero-order valence-electron chi connectivity index (χ0n) is 16.4. The number of nitrogens with zero attached hydrogens (tertiary/aromatic N) is 6. The number of nitrogens with two attached hydrogens (primary N) is 1. The second kappa shape index (κ2) is 7.97. The van der Waals surface area contributed by atoms with Gasteiger partial charge >= 0.3 is 0 Å². The van der Waals surface area contributed by atoms with E-state index in [1.165, 1.54) is 5.56 Å². The minimum Gasteiger partial charge on any atom is -0.380 e. The van der Waals surface area contributed by atoms with Gasteiger partial charge in [-0.25, -0.2) is 14.5 Å². The first-order chi connectivity index (χ1) is 13.6. The van der Waals surface area contributed by atoms with Crippen molar-refractivity contribution in [2.24, 2.45) is 0 Å². The first-order valence-corrected chi connectivity index (χ1v) is 9.81. The summed E-state index contributed by atoms with van der Waals surface area (Å²) in [6.45, 7) is 9.00. The van der Waals surface area contributed by atoms with Crippen LogP contribution < -0.4 is 21.3 Å². The Kier molecular flexibility index (Phi) is 5.25. The molecule has 1 saturated heterocycles. The van der Waals surface area contributed by atoms with E-state index in [9.17, 15) is 0 Å². The highest BCUT2D eigenvalue weighted by atomic mass is 15.3. The lowest BCUT2D eigenvalue weighted by atomic mass is 10.1. The fourth-order valence-electron chi connectivity index (χ4n) is 3.49. The second-order valence-electron chi connectivity index (χ2n) is 7.15. The molecule has 0 amide bonds. The molecule has 1 aliphatic heterocycles. The van der Waals surface area contributed by atoms with Crippen molar-refractivity contribution in [1.29, 1.82) is 0 Å². The van der Waals surface area contributed by atoms with E-state index >= 15 is 0 Å². The monoisotopic (exact) mass is 381 g/mol. The molecule has 9 nitrogen and oxygen atoms in total. The zero-order chi connectivity index (χ0) is 19.5. The van der Waals surface area contributed by atoms with Crippen molar-refractivity contribution in [2.45, 2.75) is 26.7 Å². The maximum Gasteiger partial charge on any atom is 0.243 e. The molecule has 4 N–H and O–H groups in total. The lowest BCUT2D eigenvalue weighted by molar-refractivity contribution is 0.584. The quantitative estimate of drug-likeness (QED) is 0.585. The number of imidazole rings is 1. The van der Waals surface area contributed by atoms with Crippen molar-refractivity contribution in [3.05, 3.63) is 35.3 Å². The third kappa shape index (κ3) is 3.84. The minimum atomic E-state index is 0.378. The highest BCUT2D eigenvalue weighted by Gasteiger charge is 2.15. The summed E-state index contributed by atoms with van der Waals surface area (Å²) >= 11 is 0. The number of piperazine rings is 1. The molecule has 0 radical (unpaired) electrons. The van der Waals surface area contributed by atoms with E-state index in [1.54, 1.807) is 4.52 Å². The number of nitrogens with one attached hydrogen (secondary N) is 2. The van der Waals surface area contributed by atoms with Crippen LogP contribution >= 0.6 is 0 Å². The summed E-state index contributed by atoms with van der Waals surface area (Å²) in [5.74, 6) is 1.97. The van der Waals surface area contributed by atoms with E-state index in [4.69, 9.17) is 10.7 Å². The molecule has 0 spiro atoms. The second-order valence-corrected chi connectivity index (χ2v) is 7.15. The first kappa shape index (κ1) is 18.4. The fourth-order valence-corrected chi connectivity index (χ4v) is 3.49. The highest BCUT2D eigenvalue weighted by molar-refractivity contribution is 5.61. The molecule has 0 unspecified atom stereocenters. The number of aromatic nitrogens is 5. The maximum absolute atomic E-state index is 6.06. The van der Waals surface area contributed by atoms with Crippen molar-refractivity contribution in [3.63, 3.8) is 0 Å². The molecule has 0 saturated carbocycles. The number of pyridine rings is 1. The van der Waals surface area contributed by atoms with Gasteiger partial charge in [-0.05, 0) is 24.5 Å². The van der Waals surface area contributed by atoms with Crippen molar-refractivity contribution in [1.82, 2.24) is 29.9 Å². The minimum absolute atomic E-state index is 0.378. The van der Waals surface area contributed by atoms with Crippen LogP contribution in [0, 0.1) is 6.92 Å². The molecule has 4 rings (SSSR count). The molecule has 9 heteroatoms. The SMILES string of the molecule is CCCNc1nc(N)c2nc(Cc3cnc(N4CCNCC4)c(C)c3)cn2n1. The van der Waals surface area contributed by atoms with Gasteiger partial charge in [-0.15, -0.1) is 5.10 Å². The van der Waals surface area contributed by atoms with Crippen LogP contribution in [0.15, 0.2) is 18.5 Å². The third-order valence-corrected chi connectivity index (χ3v) is 4.84. The molecule has 1 fully saturated rings. The van der Waals surface area contributed by atoms with Crippen LogP contribution in [0.25, 0.3) is 5.65 Å². The largest absolute Gasteiger partial charge is 0.380 e. The Morgan fingerprint density at radius 1 is 1.25 bits per heavy atom. The van der Waals surface area contributed by atoms with Gasteiger partial charge in [-0.3, -0.25) is 0 Å². The van der Waals surface area contributed by atoms with Crippen molar-refractivity contribution in [3.8, 4) is 0 Å². The van der Waals surface area contributed by atoms with Gasteiger partial charge in [0, 0.05) is 45.3 Å². The summed E-state index contributed by atoms with van der Waals surface area (Å²) < 4.78 is 1.70. The predicted octanol–water partition coefficient (Wildman–Crippen LogP) is 1.23.